The summed E-state index contributed by atoms with van der Waals surface area (Å²) in [7, 11) is 3.66. The number of nitrogens with zero attached hydrogens (tertiary/aromatic N) is 2. The van der Waals surface area contributed by atoms with Crippen molar-refractivity contribution >= 4 is 17.6 Å². The van der Waals surface area contributed by atoms with Crippen molar-refractivity contribution in [3.63, 3.8) is 0 Å². The van der Waals surface area contributed by atoms with Crippen LogP contribution in [0.25, 0.3) is 0 Å². The Labute approximate surface area is 149 Å². The van der Waals surface area contributed by atoms with Crippen molar-refractivity contribution in [1.29, 1.82) is 0 Å². The van der Waals surface area contributed by atoms with Gasteiger partial charge in [0.2, 0.25) is 0 Å². The Morgan fingerprint density at radius 2 is 1.92 bits per heavy atom. The number of ether oxygens (including phenoxy) is 1. The summed E-state index contributed by atoms with van der Waals surface area (Å²) in [5.41, 5.74) is 3.47. The highest BCUT2D eigenvalue weighted by Crippen LogP contribution is 2.43. The van der Waals surface area contributed by atoms with Gasteiger partial charge in [0.05, 0.1) is 12.8 Å². The molecule has 2 aromatic rings. The molecule has 25 heavy (non-hydrogen) atoms. The van der Waals surface area contributed by atoms with Crippen LogP contribution in [0.1, 0.15) is 44.2 Å². The zero-order valence-electron chi connectivity index (χ0n) is 15.5. The summed E-state index contributed by atoms with van der Waals surface area (Å²) in [4.78, 5) is 6.58. The number of aliphatic imine (C=N–C) groups is 1. The number of fused-ring (bicyclic) bond motifs is 1. The Bertz CT molecular complexity index is 796. The monoisotopic (exact) mass is 340 g/mol. The molecule has 132 valence electrons. The highest BCUT2D eigenvalue weighted by Gasteiger charge is 2.34. The molecule has 0 fully saturated rings. The molecule has 3 nitrogen and oxygen atoms in total. The van der Waals surface area contributed by atoms with E-state index in [1.807, 2.05) is 37.4 Å². The molecule has 0 aliphatic carbocycles. The summed E-state index contributed by atoms with van der Waals surface area (Å²) >= 11 is 0. The largest absolute Gasteiger partial charge is 0.497 e. The van der Waals surface area contributed by atoms with Gasteiger partial charge in [-0.3, -0.25) is 4.99 Å². The summed E-state index contributed by atoms with van der Waals surface area (Å²) < 4.78 is 19.7. The predicted octanol–water partition coefficient (Wildman–Crippen LogP) is 5.31. The molecule has 1 aliphatic rings. The van der Waals surface area contributed by atoms with Gasteiger partial charge in [0.15, 0.2) is 0 Å². The number of methoxy groups -OCH3 is 1. The Morgan fingerprint density at radius 3 is 2.56 bits per heavy atom. The fourth-order valence-electron chi connectivity index (χ4n) is 3.52. The standard InChI is InChI=1S/C21H25FN2O/c1-14-12-21(2,3)24(4)20-11-19(22)15(10-18(14)20)13-23-16-6-8-17(25-5)9-7-16/h6-11,13-14H,12H2,1-5H3. The molecule has 1 aliphatic heterocycles. The van der Waals surface area contributed by atoms with Gasteiger partial charge >= 0.3 is 0 Å². The van der Waals surface area contributed by atoms with Crippen molar-refractivity contribution in [1.82, 2.24) is 0 Å². The molecule has 3 rings (SSSR count). The maximum absolute atomic E-state index is 14.6. The topological polar surface area (TPSA) is 24.8 Å². The molecular formula is C21H25FN2O. The van der Waals surface area contributed by atoms with Crippen LogP contribution in [0, 0.1) is 5.82 Å². The second-order valence-electron chi connectivity index (χ2n) is 7.37. The molecule has 0 amide bonds. The Balaban J connectivity index is 1.93. The smallest absolute Gasteiger partial charge is 0.134 e. The Kier molecular flexibility index (Phi) is 4.55. The van der Waals surface area contributed by atoms with Crippen LogP contribution >= 0.6 is 0 Å². The average Bonchev–Trinajstić information content (AvgIpc) is 2.58. The summed E-state index contributed by atoms with van der Waals surface area (Å²) in [6, 6.07) is 11.0. The van der Waals surface area contributed by atoms with Gasteiger partial charge in [0.1, 0.15) is 11.6 Å². The van der Waals surface area contributed by atoms with E-state index in [0.717, 1.165) is 23.5 Å². The lowest BCUT2D eigenvalue weighted by Crippen LogP contribution is -2.45. The van der Waals surface area contributed by atoms with Gasteiger partial charge in [-0.1, -0.05) is 6.92 Å². The van der Waals surface area contributed by atoms with Gasteiger partial charge in [-0.2, -0.15) is 0 Å². The minimum atomic E-state index is -0.243. The van der Waals surface area contributed by atoms with E-state index in [-0.39, 0.29) is 11.4 Å². The zero-order chi connectivity index (χ0) is 18.2. The number of rotatable bonds is 3. The van der Waals surface area contributed by atoms with Crippen LogP contribution in [0.4, 0.5) is 15.8 Å². The van der Waals surface area contributed by atoms with Crippen LogP contribution in [0.15, 0.2) is 41.4 Å². The van der Waals surface area contributed by atoms with Crippen LogP contribution in [-0.2, 0) is 0 Å². The molecule has 0 saturated heterocycles. The molecule has 1 heterocycles. The van der Waals surface area contributed by atoms with Gasteiger partial charge in [-0.05, 0) is 68.1 Å². The summed E-state index contributed by atoms with van der Waals surface area (Å²) in [6.07, 6.45) is 2.64. The van der Waals surface area contributed by atoms with Crippen LogP contribution in [0.3, 0.4) is 0 Å². The van der Waals surface area contributed by atoms with Crippen molar-refractivity contribution < 1.29 is 9.13 Å². The normalized spacial score (nSPS) is 19.1. The first-order chi connectivity index (χ1) is 11.8. The quantitative estimate of drug-likeness (QED) is 0.708. The molecule has 2 aromatic carbocycles. The van der Waals surface area contributed by atoms with Crippen LogP contribution in [-0.4, -0.2) is 25.9 Å². The second-order valence-corrected chi connectivity index (χ2v) is 7.37. The lowest BCUT2D eigenvalue weighted by molar-refractivity contribution is 0.394. The van der Waals surface area contributed by atoms with E-state index in [1.54, 1.807) is 19.4 Å². The number of hydrogen-bond donors (Lipinski definition) is 0. The lowest BCUT2D eigenvalue weighted by atomic mass is 9.80. The second kappa shape index (κ2) is 6.51. The van der Waals surface area contributed by atoms with E-state index >= 15 is 0 Å². The molecular weight excluding hydrogens is 315 g/mol. The van der Waals surface area contributed by atoms with E-state index in [1.165, 1.54) is 5.56 Å². The molecule has 0 aromatic heterocycles. The van der Waals surface area contributed by atoms with E-state index in [2.05, 4.69) is 30.7 Å². The first kappa shape index (κ1) is 17.5. The van der Waals surface area contributed by atoms with Gasteiger partial charge in [-0.25, -0.2) is 4.39 Å². The lowest BCUT2D eigenvalue weighted by Gasteiger charge is -2.45. The predicted molar refractivity (Wildman–Crippen MR) is 102 cm³/mol. The van der Waals surface area contributed by atoms with Gasteiger partial charge in [0.25, 0.3) is 0 Å². The van der Waals surface area contributed by atoms with E-state index in [4.69, 9.17) is 4.74 Å². The first-order valence-corrected chi connectivity index (χ1v) is 8.57. The third-order valence-electron chi connectivity index (χ3n) is 5.18. The molecule has 1 atom stereocenters. The van der Waals surface area contributed by atoms with Crippen LogP contribution < -0.4 is 9.64 Å². The molecule has 0 radical (unpaired) electrons. The van der Waals surface area contributed by atoms with E-state index < -0.39 is 0 Å². The van der Waals surface area contributed by atoms with Crippen LogP contribution in [0.2, 0.25) is 0 Å². The van der Waals surface area contributed by atoms with Crippen molar-refractivity contribution in [3.8, 4) is 5.75 Å². The molecule has 0 spiro atoms. The van der Waals surface area contributed by atoms with Crippen molar-refractivity contribution in [3.05, 3.63) is 53.3 Å². The van der Waals surface area contributed by atoms with Gasteiger partial charge in [-0.15, -0.1) is 0 Å². The summed E-state index contributed by atoms with van der Waals surface area (Å²) in [6.45, 7) is 6.60. The number of halogens is 1. The third kappa shape index (κ3) is 3.39. The third-order valence-corrected chi connectivity index (χ3v) is 5.18. The van der Waals surface area contributed by atoms with Crippen molar-refractivity contribution in [2.45, 2.75) is 38.6 Å². The molecule has 1 unspecified atom stereocenters. The average molecular weight is 340 g/mol. The zero-order valence-corrected chi connectivity index (χ0v) is 15.5. The molecule has 4 heteroatoms. The maximum atomic E-state index is 14.6. The van der Waals surface area contributed by atoms with Gasteiger partial charge in [0, 0.05) is 30.1 Å². The molecule has 0 saturated carbocycles. The van der Waals surface area contributed by atoms with Crippen molar-refractivity contribution in [2.75, 3.05) is 19.1 Å². The molecule has 0 bridgehead atoms. The SMILES string of the molecule is COc1ccc(N=Cc2cc3c(cc2F)N(C)C(C)(C)CC3C)cc1. The highest BCUT2D eigenvalue weighted by atomic mass is 19.1. The number of anilines is 1. The number of hydrogen-bond acceptors (Lipinski definition) is 3. The highest BCUT2D eigenvalue weighted by molar-refractivity contribution is 5.84. The van der Waals surface area contributed by atoms with Crippen molar-refractivity contribution in [2.24, 2.45) is 4.99 Å². The fourth-order valence-corrected chi connectivity index (χ4v) is 3.52. The minimum Gasteiger partial charge on any atom is -0.497 e. The minimum absolute atomic E-state index is 0.0254. The number of benzene rings is 2. The summed E-state index contributed by atoms with van der Waals surface area (Å²) in [5.74, 6) is 0.918. The molecule has 0 N–H and O–H groups in total. The van der Waals surface area contributed by atoms with E-state index in [9.17, 15) is 4.39 Å². The van der Waals surface area contributed by atoms with E-state index in [0.29, 0.717) is 11.5 Å². The Morgan fingerprint density at radius 1 is 1.24 bits per heavy atom. The maximum Gasteiger partial charge on any atom is 0.134 e. The van der Waals surface area contributed by atoms with Crippen LogP contribution in [0.5, 0.6) is 5.75 Å². The summed E-state index contributed by atoms with van der Waals surface area (Å²) in [5, 5.41) is 0. The fraction of sp³-hybridized carbons (Fsp3) is 0.381. The Hall–Kier alpha value is -2.36. The first-order valence-electron chi connectivity index (χ1n) is 8.57. The van der Waals surface area contributed by atoms with Gasteiger partial charge < -0.3 is 9.64 Å².